The van der Waals surface area contributed by atoms with Crippen molar-refractivity contribution in [3.05, 3.63) is 0 Å². The Balaban J connectivity index is 2.80. The molecule has 16 heavy (non-hydrogen) atoms. The van der Waals surface area contributed by atoms with E-state index in [9.17, 15) is 4.79 Å². The summed E-state index contributed by atoms with van der Waals surface area (Å²) in [6.45, 7) is 7.19. The molecular formula is C13H25NO2. The fourth-order valence-electron chi connectivity index (χ4n) is 3.39. The minimum atomic E-state index is -0.704. The third kappa shape index (κ3) is 2.76. The predicted molar refractivity (Wildman–Crippen MR) is 65.1 cm³/mol. The fourth-order valence-corrected chi connectivity index (χ4v) is 3.39. The first kappa shape index (κ1) is 13.5. The van der Waals surface area contributed by atoms with Crippen molar-refractivity contribution in [1.29, 1.82) is 0 Å². The van der Waals surface area contributed by atoms with E-state index in [1.54, 1.807) is 0 Å². The first-order chi connectivity index (χ1) is 7.44. The van der Waals surface area contributed by atoms with Crippen molar-refractivity contribution >= 4 is 5.97 Å². The second-order valence-electron chi connectivity index (χ2n) is 5.76. The molecule has 0 aromatic rings. The standard InChI is InChI=1S/C13H25NO2/c1-4-10-5-13(8-14,7-12(15)16)6-11(10)9(2)3/h9-11H,4-8,14H2,1-3H3,(H,15,16)/t10-,11-,13-/m0/s1. The van der Waals surface area contributed by atoms with Crippen LogP contribution in [0.2, 0.25) is 0 Å². The Bertz CT molecular complexity index is 252. The first-order valence-corrected chi connectivity index (χ1v) is 6.36. The van der Waals surface area contributed by atoms with Crippen LogP contribution in [0.1, 0.15) is 46.5 Å². The number of aliphatic carboxylic acids is 1. The van der Waals surface area contributed by atoms with Crippen molar-refractivity contribution in [3.8, 4) is 0 Å². The fraction of sp³-hybridized carbons (Fsp3) is 0.923. The van der Waals surface area contributed by atoms with Crippen LogP contribution in [0.25, 0.3) is 0 Å². The van der Waals surface area contributed by atoms with E-state index >= 15 is 0 Å². The molecule has 0 saturated heterocycles. The molecule has 3 atom stereocenters. The molecule has 1 rings (SSSR count). The van der Waals surface area contributed by atoms with Crippen LogP contribution in [0.4, 0.5) is 0 Å². The second kappa shape index (κ2) is 5.17. The molecule has 0 bridgehead atoms. The highest BCUT2D eigenvalue weighted by Crippen LogP contribution is 2.51. The van der Waals surface area contributed by atoms with E-state index in [4.69, 9.17) is 10.8 Å². The number of nitrogens with two attached hydrogens (primary N) is 1. The summed E-state index contributed by atoms with van der Waals surface area (Å²) in [6, 6.07) is 0. The van der Waals surface area contributed by atoms with Gasteiger partial charge in [-0.25, -0.2) is 0 Å². The van der Waals surface area contributed by atoms with Crippen LogP contribution in [0.15, 0.2) is 0 Å². The minimum Gasteiger partial charge on any atom is -0.481 e. The van der Waals surface area contributed by atoms with Gasteiger partial charge in [0.15, 0.2) is 0 Å². The molecule has 1 fully saturated rings. The Morgan fingerprint density at radius 3 is 2.44 bits per heavy atom. The maximum atomic E-state index is 10.9. The van der Waals surface area contributed by atoms with Gasteiger partial charge in [0, 0.05) is 0 Å². The smallest absolute Gasteiger partial charge is 0.303 e. The van der Waals surface area contributed by atoms with Crippen molar-refractivity contribution in [2.75, 3.05) is 6.54 Å². The molecule has 1 aliphatic carbocycles. The molecule has 94 valence electrons. The highest BCUT2D eigenvalue weighted by atomic mass is 16.4. The van der Waals surface area contributed by atoms with Crippen LogP contribution in [-0.2, 0) is 4.79 Å². The van der Waals surface area contributed by atoms with Gasteiger partial charge in [-0.1, -0.05) is 27.2 Å². The molecule has 1 aliphatic rings. The zero-order valence-corrected chi connectivity index (χ0v) is 10.7. The lowest BCUT2D eigenvalue weighted by Gasteiger charge is -2.26. The van der Waals surface area contributed by atoms with Gasteiger partial charge in [-0.15, -0.1) is 0 Å². The molecule has 3 N–H and O–H groups in total. The zero-order chi connectivity index (χ0) is 12.3. The van der Waals surface area contributed by atoms with E-state index in [0.29, 0.717) is 24.3 Å². The molecule has 0 aromatic carbocycles. The van der Waals surface area contributed by atoms with E-state index in [0.717, 1.165) is 19.3 Å². The molecule has 0 heterocycles. The lowest BCUT2D eigenvalue weighted by atomic mass is 9.80. The van der Waals surface area contributed by atoms with Gasteiger partial charge in [0.05, 0.1) is 6.42 Å². The summed E-state index contributed by atoms with van der Waals surface area (Å²) < 4.78 is 0. The van der Waals surface area contributed by atoms with E-state index in [1.165, 1.54) is 0 Å². The molecule has 0 unspecified atom stereocenters. The van der Waals surface area contributed by atoms with Gasteiger partial charge in [0.25, 0.3) is 0 Å². The third-order valence-electron chi connectivity index (χ3n) is 4.31. The number of hydrogen-bond donors (Lipinski definition) is 2. The third-order valence-corrected chi connectivity index (χ3v) is 4.31. The maximum absolute atomic E-state index is 10.9. The lowest BCUT2D eigenvalue weighted by Crippen LogP contribution is -2.31. The molecule has 0 aliphatic heterocycles. The molecule has 1 saturated carbocycles. The topological polar surface area (TPSA) is 63.3 Å². The Morgan fingerprint density at radius 2 is 2.12 bits per heavy atom. The summed E-state index contributed by atoms with van der Waals surface area (Å²) in [5.41, 5.74) is 5.70. The van der Waals surface area contributed by atoms with Crippen molar-refractivity contribution in [2.45, 2.75) is 46.5 Å². The molecular weight excluding hydrogens is 202 g/mol. The largest absolute Gasteiger partial charge is 0.481 e. The Hall–Kier alpha value is -0.570. The van der Waals surface area contributed by atoms with Crippen molar-refractivity contribution in [2.24, 2.45) is 28.9 Å². The summed E-state index contributed by atoms with van der Waals surface area (Å²) in [5.74, 6) is 1.23. The van der Waals surface area contributed by atoms with Crippen LogP contribution >= 0.6 is 0 Å². The average Bonchev–Trinajstić information content (AvgIpc) is 2.57. The van der Waals surface area contributed by atoms with Crippen LogP contribution < -0.4 is 5.73 Å². The highest BCUT2D eigenvalue weighted by molar-refractivity contribution is 5.67. The molecule has 0 spiro atoms. The first-order valence-electron chi connectivity index (χ1n) is 6.36. The molecule has 3 nitrogen and oxygen atoms in total. The number of carbonyl (C=O) groups is 1. The van der Waals surface area contributed by atoms with Gasteiger partial charge < -0.3 is 10.8 Å². The Labute approximate surface area is 98.4 Å². The lowest BCUT2D eigenvalue weighted by molar-refractivity contribution is -0.139. The van der Waals surface area contributed by atoms with Gasteiger partial charge in [0.2, 0.25) is 0 Å². The van der Waals surface area contributed by atoms with Gasteiger partial charge in [0.1, 0.15) is 0 Å². The van der Waals surface area contributed by atoms with Crippen LogP contribution in [-0.4, -0.2) is 17.6 Å². The van der Waals surface area contributed by atoms with Gasteiger partial charge >= 0.3 is 5.97 Å². The van der Waals surface area contributed by atoms with Gasteiger partial charge in [-0.2, -0.15) is 0 Å². The van der Waals surface area contributed by atoms with Crippen LogP contribution in [0, 0.1) is 23.2 Å². The summed E-state index contributed by atoms with van der Waals surface area (Å²) in [6.07, 6.45) is 3.37. The normalized spacial score (nSPS) is 34.6. The summed E-state index contributed by atoms with van der Waals surface area (Å²) in [5, 5.41) is 9.00. The summed E-state index contributed by atoms with van der Waals surface area (Å²) >= 11 is 0. The van der Waals surface area contributed by atoms with Gasteiger partial charge in [-0.05, 0) is 42.6 Å². The van der Waals surface area contributed by atoms with Crippen LogP contribution in [0.5, 0.6) is 0 Å². The van der Waals surface area contributed by atoms with E-state index in [1.807, 2.05) is 0 Å². The SMILES string of the molecule is CC[C@H]1C[C@@](CN)(CC(=O)O)C[C@H]1C(C)C. The zero-order valence-electron chi connectivity index (χ0n) is 10.7. The summed E-state index contributed by atoms with van der Waals surface area (Å²) in [4.78, 5) is 10.9. The van der Waals surface area contributed by atoms with Crippen LogP contribution in [0.3, 0.4) is 0 Å². The van der Waals surface area contributed by atoms with Crippen molar-refractivity contribution < 1.29 is 9.90 Å². The predicted octanol–water partition coefficient (Wildman–Crippen LogP) is 2.50. The number of carboxylic acid groups (broad SMARTS) is 1. The molecule has 0 aromatic heterocycles. The Kier molecular flexibility index (Phi) is 4.36. The molecule has 0 amide bonds. The van der Waals surface area contributed by atoms with Crippen molar-refractivity contribution in [3.63, 3.8) is 0 Å². The van der Waals surface area contributed by atoms with E-state index < -0.39 is 5.97 Å². The molecule has 0 radical (unpaired) electrons. The number of carboxylic acids is 1. The quantitative estimate of drug-likeness (QED) is 0.758. The number of rotatable bonds is 5. The second-order valence-corrected chi connectivity index (χ2v) is 5.76. The average molecular weight is 227 g/mol. The van der Waals surface area contributed by atoms with E-state index in [-0.39, 0.29) is 11.8 Å². The number of hydrogen-bond acceptors (Lipinski definition) is 2. The van der Waals surface area contributed by atoms with E-state index in [2.05, 4.69) is 20.8 Å². The summed E-state index contributed by atoms with van der Waals surface area (Å²) in [7, 11) is 0. The van der Waals surface area contributed by atoms with Crippen molar-refractivity contribution in [1.82, 2.24) is 0 Å². The minimum absolute atomic E-state index is 0.137. The monoisotopic (exact) mass is 227 g/mol. The molecule has 3 heteroatoms. The van der Waals surface area contributed by atoms with Gasteiger partial charge in [-0.3, -0.25) is 4.79 Å². The Morgan fingerprint density at radius 1 is 1.50 bits per heavy atom. The maximum Gasteiger partial charge on any atom is 0.303 e. The highest BCUT2D eigenvalue weighted by Gasteiger charge is 2.45.